The van der Waals surface area contributed by atoms with E-state index in [0.29, 0.717) is 6.29 Å². The summed E-state index contributed by atoms with van der Waals surface area (Å²) < 4.78 is 0. The summed E-state index contributed by atoms with van der Waals surface area (Å²) in [6.45, 7) is 4.16. The SMILES string of the molecule is CCc1ccc2cc(C=O)c(=O)[nH]c2c1CC. The number of fused-ring (bicyclic) bond motifs is 1. The molecule has 0 fully saturated rings. The molecule has 88 valence electrons. The zero-order valence-corrected chi connectivity index (χ0v) is 10.0. The third kappa shape index (κ3) is 1.88. The molecule has 0 aliphatic heterocycles. The molecule has 1 aromatic heterocycles. The molecule has 17 heavy (non-hydrogen) atoms. The Morgan fingerprint density at radius 2 is 2.00 bits per heavy atom. The number of aryl methyl sites for hydroxylation is 2. The highest BCUT2D eigenvalue weighted by Crippen LogP contribution is 2.21. The van der Waals surface area contributed by atoms with Crippen molar-refractivity contribution < 1.29 is 4.79 Å². The zero-order chi connectivity index (χ0) is 12.4. The van der Waals surface area contributed by atoms with Crippen LogP contribution in [0.4, 0.5) is 0 Å². The summed E-state index contributed by atoms with van der Waals surface area (Å²) in [5, 5.41) is 0.917. The molecule has 0 spiro atoms. The summed E-state index contributed by atoms with van der Waals surface area (Å²) in [5.41, 5.74) is 3.15. The van der Waals surface area contributed by atoms with Crippen LogP contribution < -0.4 is 5.56 Å². The average molecular weight is 229 g/mol. The Morgan fingerprint density at radius 1 is 1.24 bits per heavy atom. The van der Waals surface area contributed by atoms with Crippen LogP contribution in [-0.2, 0) is 12.8 Å². The molecule has 0 unspecified atom stereocenters. The van der Waals surface area contributed by atoms with Crippen LogP contribution in [0.15, 0.2) is 23.0 Å². The predicted octanol–water partition coefficient (Wildman–Crippen LogP) is 2.47. The van der Waals surface area contributed by atoms with Gasteiger partial charge in [0, 0.05) is 0 Å². The van der Waals surface area contributed by atoms with E-state index in [1.54, 1.807) is 6.07 Å². The van der Waals surface area contributed by atoms with Gasteiger partial charge in [0.25, 0.3) is 5.56 Å². The second kappa shape index (κ2) is 4.53. The highest BCUT2D eigenvalue weighted by Gasteiger charge is 2.08. The number of aromatic amines is 1. The first kappa shape index (κ1) is 11.6. The Morgan fingerprint density at radius 3 is 2.59 bits per heavy atom. The van der Waals surface area contributed by atoms with Crippen LogP contribution in [0.25, 0.3) is 10.9 Å². The molecule has 0 atom stereocenters. The molecular weight excluding hydrogens is 214 g/mol. The minimum absolute atomic E-state index is 0.184. The molecular formula is C14H15NO2. The third-order valence-electron chi connectivity index (χ3n) is 3.12. The fourth-order valence-electron chi connectivity index (χ4n) is 2.22. The van der Waals surface area contributed by atoms with Crippen molar-refractivity contribution in [2.45, 2.75) is 26.7 Å². The quantitative estimate of drug-likeness (QED) is 0.822. The van der Waals surface area contributed by atoms with E-state index in [9.17, 15) is 9.59 Å². The van der Waals surface area contributed by atoms with E-state index < -0.39 is 0 Å². The van der Waals surface area contributed by atoms with Crippen molar-refractivity contribution in [1.29, 1.82) is 0 Å². The van der Waals surface area contributed by atoms with Crippen LogP contribution in [0.2, 0.25) is 0 Å². The van der Waals surface area contributed by atoms with Crippen LogP contribution in [0.3, 0.4) is 0 Å². The van der Waals surface area contributed by atoms with Crippen LogP contribution >= 0.6 is 0 Å². The first-order valence-corrected chi connectivity index (χ1v) is 5.84. The van der Waals surface area contributed by atoms with Crippen molar-refractivity contribution in [2.24, 2.45) is 0 Å². The maximum Gasteiger partial charge on any atom is 0.259 e. The number of carbonyl (C=O) groups is 1. The number of H-pyrrole nitrogens is 1. The lowest BCUT2D eigenvalue weighted by Crippen LogP contribution is -2.12. The normalized spacial score (nSPS) is 10.7. The number of benzene rings is 1. The molecule has 0 aliphatic carbocycles. The number of aldehydes is 1. The Bertz CT molecular complexity index is 626. The Labute approximate surface area is 99.5 Å². The average Bonchev–Trinajstić information content (AvgIpc) is 2.36. The molecule has 3 nitrogen and oxygen atoms in total. The summed E-state index contributed by atoms with van der Waals surface area (Å²) in [4.78, 5) is 25.2. The molecule has 0 radical (unpaired) electrons. The van der Waals surface area contributed by atoms with E-state index in [0.717, 1.165) is 23.7 Å². The van der Waals surface area contributed by atoms with Crippen molar-refractivity contribution in [3.63, 3.8) is 0 Å². The van der Waals surface area contributed by atoms with Crippen molar-refractivity contribution in [3.05, 3.63) is 45.2 Å². The van der Waals surface area contributed by atoms with Gasteiger partial charge >= 0.3 is 0 Å². The smallest absolute Gasteiger partial charge is 0.259 e. The Balaban J connectivity index is 2.86. The van der Waals surface area contributed by atoms with Crippen molar-refractivity contribution in [3.8, 4) is 0 Å². The molecule has 2 rings (SSSR count). The standard InChI is InChI=1S/C14H15NO2/c1-3-9-5-6-10-7-11(8-16)14(17)15-13(10)12(9)4-2/h5-8H,3-4H2,1-2H3,(H,15,17). The van der Waals surface area contributed by atoms with E-state index >= 15 is 0 Å². The number of nitrogens with one attached hydrogen (secondary N) is 1. The van der Waals surface area contributed by atoms with Gasteiger partial charge < -0.3 is 4.98 Å². The monoisotopic (exact) mass is 229 g/mol. The summed E-state index contributed by atoms with van der Waals surface area (Å²) >= 11 is 0. The van der Waals surface area contributed by atoms with Gasteiger partial charge in [0.1, 0.15) is 0 Å². The van der Waals surface area contributed by atoms with Crippen LogP contribution in [0.5, 0.6) is 0 Å². The van der Waals surface area contributed by atoms with E-state index in [1.165, 1.54) is 11.1 Å². The van der Waals surface area contributed by atoms with Crippen LogP contribution in [-0.4, -0.2) is 11.3 Å². The maximum atomic E-state index is 11.6. The fraction of sp³-hybridized carbons (Fsp3) is 0.286. The van der Waals surface area contributed by atoms with Crippen molar-refractivity contribution in [2.75, 3.05) is 0 Å². The maximum absolute atomic E-state index is 11.6. The molecule has 0 saturated heterocycles. The third-order valence-corrected chi connectivity index (χ3v) is 3.12. The lowest BCUT2D eigenvalue weighted by molar-refractivity contribution is 0.112. The largest absolute Gasteiger partial charge is 0.321 e. The van der Waals surface area contributed by atoms with Crippen molar-refractivity contribution >= 4 is 17.2 Å². The summed E-state index contributed by atoms with van der Waals surface area (Å²) in [6, 6.07) is 5.67. The van der Waals surface area contributed by atoms with Crippen molar-refractivity contribution in [1.82, 2.24) is 4.98 Å². The highest BCUT2D eigenvalue weighted by molar-refractivity contribution is 5.88. The molecule has 0 aliphatic rings. The zero-order valence-electron chi connectivity index (χ0n) is 10.0. The van der Waals surface area contributed by atoms with E-state index in [1.807, 2.05) is 6.07 Å². The van der Waals surface area contributed by atoms with Crippen LogP contribution in [0, 0.1) is 0 Å². The molecule has 1 heterocycles. The first-order chi connectivity index (χ1) is 8.21. The lowest BCUT2D eigenvalue weighted by atomic mass is 9.98. The van der Waals surface area contributed by atoms with Gasteiger partial charge in [-0.25, -0.2) is 0 Å². The van der Waals surface area contributed by atoms with Gasteiger partial charge in [-0.1, -0.05) is 26.0 Å². The summed E-state index contributed by atoms with van der Waals surface area (Å²) in [6.07, 6.45) is 2.41. The number of aromatic nitrogens is 1. The van der Waals surface area contributed by atoms with Crippen LogP contribution in [0.1, 0.15) is 35.3 Å². The van der Waals surface area contributed by atoms with Gasteiger partial charge in [-0.2, -0.15) is 0 Å². The molecule has 0 saturated carbocycles. The Hall–Kier alpha value is -1.90. The van der Waals surface area contributed by atoms with E-state index in [2.05, 4.69) is 24.9 Å². The van der Waals surface area contributed by atoms with Gasteiger partial charge in [-0.3, -0.25) is 9.59 Å². The number of hydrogen-bond donors (Lipinski definition) is 1. The highest BCUT2D eigenvalue weighted by atomic mass is 16.1. The van der Waals surface area contributed by atoms with E-state index in [4.69, 9.17) is 0 Å². The van der Waals surface area contributed by atoms with E-state index in [-0.39, 0.29) is 11.1 Å². The van der Waals surface area contributed by atoms with Gasteiger partial charge in [0.05, 0.1) is 11.1 Å². The molecule has 1 N–H and O–H groups in total. The summed E-state index contributed by atoms with van der Waals surface area (Å²) in [7, 11) is 0. The second-order valence-electron chi connectivity index (χ2n) is 4.05. The number of carbonyl (C=O) groups excluding carboxylic acids is 1. The molecule has 2 aromatic rings. The topological polar surface area (TPSA) is 49.9 Å². The fourth-order valence-corrected chi connectivity index (χ4v) is 2.22. The summed E-state index contributed by atoms with van der Waals surface area (Å²) in [5.74, 6) is 0. The number of hydrogen-bond acceptors (Lipinski definition) is 2. The number of rotatable bonds is 3. The minimum Gasteiger partial charge on any atom is -0.321 e. The van der Waals surface area contributed by atoms with Gasteiger partial charge in [0.15, 0.2) is 6.29 Å². The molecule has 0 amide bonds. The minimum atomic E-state index is -0.310. The lowest BCUT2D eigenvalue weighted by Gasteiger charge is -2.10. The number of pyridine rings is 1. The molecule has 1 aromatic carbocycles. The second-order valence-corrected chi connectivity index (χ2v) is 4.05. The Kier molecular flexibility index (Phi) is 3.09. The van der Waals surface area contributed by atoms with Gasteiger partial charge in [-0.15, -0.1) is 0 Å². The first-order valence-electron chi connectivity index (χ1n) is 5.84. The van der Waals surface area contributed by atoms with Gasteiger partial charge in [-0.05, 0) is 35.4 Å². The van der Waals surface area contributed by atoms with Gasteiger partial charge in [0.2, 0.25) is 0 Å². The molecule has 0 bridgehead atoms. The predicted molar refractivity (Wildman–Crippen MR) is 68.7 cm³/mol. The molecule has 3 heteroatoms.